The Morgan fingerprint density at radius 1 is 1.19 bits per heavy atom. The number of nitrogens with zero attached hydrogens (tertiary/aromatic N) is 1. The summed E-state index contributed by atoms with van der Waals surface area (Å²) in [5.41, 5.74) is 1.86. The van der Waals surface area contributed by atoms with Gasteiger partial charge in [0.05, 0.1) is 10.9 Å². The van der Waals surface area contributed by atoms with E-state index < -0.39 is 5.97 Å². The van der Waals surface area contributed by atoms with Crippen molar-refractivity contribution in [2.75, 3.05) is 6.61 Å². The van der Waals surface area contributed by atoms with Crippen LogP contribution >= 0.6 is 0 Å². The fourth-order valence-corrected chi connectivity index (χ4v) is 2.90. The van der Waals surface area contributed by atoms with Crippen molar-refractivity contribution in [3.05, 3.63) is 54.1 Å². The van der Waals surface area contributed by atoms with Crippen LogP contribution in [0, 0.1) is 0 Å². The third kappa shape index (κ3) is 4.53. The fraction of sp³-hybridized carbons (Fsp3) is 0.286. The van der Waals surface area contributed by atoms with Crippen molar-refractivity contribution in [1.29, 1.82) is 0 Å². The molecule has 0 saturated heterocycles. The number of nitrogens with one attached hydrogen (secondary N) is 1. The molecule has 1 heterocycles. The minimum atomic E-state index is -0.560. The van der Waals surface area contributed by atoms with E-state index in [1.165, 1.54) is 0 Å². The first-order valence-electron chi connectivity index (χ1n) is 9.00. The van der Waals surface area contributed by atoms with Crippen LogP contribution in [-0.4, -0.2) is 29.7 Å². The number of hydrogen-bond acceptors (Lipinski definition) is 5. The van der Waals surface area contributed by atoms with E-state index in [4.69, 9.17) is 9.26 Å². The predicted molar refractivity (Wildman–Crippen MR) is 102 cm³/mol. The standard InChI is InChI=1S/C21H22N2O4/c1-3-7-14(2)22-19(24)13-26-21(25)16-10-11-18-17(12-16)20(27-23-18)15-8-5-4-6-9-15/h4-6,8-12,14H,3,7,13H2,1-2H3,(H,22,24)/t14-/m1/s1. The van der Waals surface area contributed by atoms with Crippen LogP contribution in [0.4, 0.5) is 0 Å². The maximum Gasteiger partial charge on any atom is 0.338 e. The highest BCUT2D eigenvalue weighted by Gasteiger charge is 2.16. The Hall–Kier alpha value is -3.15. The maximum atomic E-state index is 12.3. The Morgan fingerprint density at radius 3 is 2.70 bits per heavy atom. The van der Waals surface area contributed by atoms with E-state index >= 15 is 0 Å². The van der Waals surface area contributed by atoms with Gasteiger partial charge in [0, 0.05) is 11.6 Å². The lowest BCUT2D eigenvalue weighted by Gasteiger charge is -2.12. The Labute approximate surface area is 157 Å². The minimum absolute atomic E-state index is 0.0583. The van der Waals surface area contributed by atoms with Crippen molar-refractivity contribution >= 4 is 22.8 Å². The van der Waals surface area contributed by atoms with Gasteiger partial charge in [0.1, 0.15) is 5.52 Å². The molecule has 0 fully saturated rings. The van der Waals surface area contributed by atoms with E-state index in [0.717, 1.165) is 23.8 Å². The number of rotatable bonds is 7. The SMILES string of the molecule is CCC[C@@H](C)NC(=O)COC(=O)c1ccc2noc(-c3ccccc3)c2c1. The van der Waals surface area contributed by atoms with Crippen molar-refractivity contribution < 1.29 is 18.8 Å². The van der Waals surface area contributed by atoms with Crippen LogP contribution in [0.25, 0.3) is 22.2 Å². The average Bonchev–Trinajstić information content (AvgIpc) is 3.10. The predicted octanol–water partition coefficient (Wildman–Crippen LogP) is 3.96. The molecule has 3 rings (SSSR count). The van der Waals surface area contributed by atoms with Crippen molar-refractivity contribution in [3.8, 4) is 11.3 Å². The van der Waals surface area contributed by atoms with Gasteiger partial charge in [-0.3, -0.25) is 4.79 Å². The molecule has 1 amide bonds. The second-order valence-electron chi connectivity index (χ2n) is 6.44. The monoisotopic (exact) mass is 366 g/mol. The summed E-state index contributed by atoms with van der Waals surface area (Å²) in [6, 6.07) is 14.6. The van der Waals surface area contributed by atoms with Crippen molar-refractivity contribution in [1.82, 2.24) is 10.5 Å². The minimum Gasteiger partial charge on any atom is -0.452 e. The summed E-state index contributed by atoms with van der Waals surface area (Å²) in [5.74, 6) is -0.276. The first-order chi connectivity index (χ1) is 13.1. The smallest absolute Gasteiger partial charge is 0.338 e. The molecule has 0 aliphatic carbocycles. The maximum absolute atomic E-state index is 12.3. The molecule has 6 nitrogen and oxygen atoms in total. The fourth-order valence-electron chi connectivity index (χ4n) is 2.90. The van der Waals surface area contributed by atoms with Gasteiger partial charge >= 0.3 is 5.97 Å². The van der Waals surface area contributed by atoms with E-state index in [1.54, 1.807) is 18.2 Å². The van der Waals surface area contributed by atoms with Crippen LogP contribution in [0.2, 0.25) is 0 Å². The van der Waals surface area contributed by atoms with Crippen LogP contribution in [0.1, 0.15) is 37.0 Å². The van der Waals surface area contributed by atoms with Gasteiger partial charge in [-0.2, -0.15) is 0 Å². The van der Waals surface area contributed by atoms with E-state index in [-0.39, 0.29) is 18.6 Å². The Bertz CT molecular complexity index is 934. The molecule has 0 unspecified atom stereocenters. The number of esters is 1. The summed E-state index contributed by atoms with van der Waals surface area (Å²) in [4.78, 5) is 24.2. The van der Waals surface area contributed by atoms with Gasteiger partial charge < -0.3 is 14.6 Å². The zero-order valence-corrected chi connectivity index (χ0v) is 15.4. The van der Waals surface area contributed by atoms with Gasteiger partial charge in [0.2, 0.25) is 0 Å². The third-order valence-corrected chi connectivity index (χ3v) is 4.21. The van der Waals surface area contributed by atoms with E-state index in [0.29, 0.717) is 16.8 Å². The van der Waals surface area contributed by atoms with Crippen LogP contribution in [0.15, 0.2) is 53.1 Å². The molecule has 0 aliphatic rings. The number of aromatic nitrogens is 1. The number of benzene rings is 2. The summed E-state index contributed by atoms with van der Waals surface area (Å²) < 4.78 is 10.6. The molecule has 1 N–H and O–H groups in total. The van der Waals surface area contributed by atoms with Crippen molar-refractivity contribution in [3.63, 3.8) is 0 Å². The summed E-state index contributed by atoms with van der Waals surface area (Å²) in [7, 11) is 0. The molecular formula is C21H22N2O4. The summed E-state index contributed by atoms with van der Waals surface area (Å²) in [6.45, 7) is 3.67. The topological polar surface area (TPSA) is 81.4 Å². The van der Waals surface area contributed by atoms with Crippen LogP contribution in [-0.2, 0) is 9.53 Å². The summed E-state index contributed by atoms with van der Waals surface area (Å²) >= 11 is 0. The molecule has 27 heavy (non-hydrogen) atoms. The zero-order chi connectivity index (χ0) is 19.2. The Balaban J connectivity index is 1.71. The molecular weight excluding hydrogens is 344 g/mol. The van der Waals surface area contributed by atoms with Crippen molar-refractivity contribution in [2.45, 2.75) is 32.7 Å². The molecule has 6 heteroatoms. The van der Waals surface area contributed by atoms with Gasteiger partial charge in [-0.25, -0.2) is 4.79 Å². The Morgan fingerprint density at radius 2 is 1.96 bits per heavy atom. The molecule has 1 atom stereocenters. The van der Waals surface area contributed by atoms with E-state index in [1.807, 2.05) is 44.2 Å². The largest absolute Gasteiger partial charge is 0.452 e. The molecule has 0 aliphatic heterocycles. The van der Waals surface area contributed by atoms with Gasteiger partial charge in [0.25, 0.3) is 5.91 Å². The van der Waals surface area contributed by atoms with E-state index in [2.05, 4.69) is 10.5 Å². The van der Waals surface area contributed by atoms with E-state index in [9.17, 15) is 9.59 Å². The lowest BCUT2D eigenvalue weighted by molar-refractivity contribution is -0.124. The number of amides is 1. The van der Waals surface area contributed by atoms with Gasteiger partial charge in [-0.05, 0) is 31.5 Å². The molecule has 1 aromatic heterocycles. The quantitative estimate of drug-likeness (QED) is 0.640. The number of carbonyl (C=O) groups is 2. The van der Waals surface area contributed by atoms with Crippen molar-refractivity contribution in [2.24, 2.45) is 0 Å². The molecule has 0 radical (unpaired) electrons. The number of hydrogen-bond donors (Lipinski definition) is 1. The van der Waals surface area contributed by atoms with Crippen LogP contribution in [0.5, 0.6) is 0 Å². The lowest BCUT2D eigenvalue weighted by Crippen LogP contribution is -2.35. The van der Waals surface area contributed by atoms with Gasteiger partial charge in [-0.15, -0.1) is 0 Å². The average molecular weight is 366 g/mol. The Kier molecular flexibility index (Phi) is 5.86. The third-order valence-electron chi connectivity index (χ3n) is 4.21. The lowest BCUT2D eigenvalue weighted by atomic mass is 10.1. The molecule has 0 saturated carbocycles. The second kappa shape index (κ2) is 8.49. The highest BCUT2D eigenvalue weighted by atomic mass is 16.5. The first-order valence-corrected chi connectivity index (χ1v) is 9.00. The number of carbonyl (C=O) groups excluding carboxylic acids is 2. The second-order valence-corrected chi connectivity index (χ2v) is 6.44. The molecule has 0 bridgehead atoms. The van der Waals surface area contributed by atoms with Crippen LogP contribution < -0.4 is 5.32 Å². The first kappa shape index (κ1) is 18.6. The summed E-state index contributed by atoms with van der Waals surface area (Å²) in [6.07, 6.45) is 1.86. The summed E-state index contributed by atoms with van der Waals surface area (Å²) in [5, 5.41) is 7.55. The van der Waals surface area contributed by atoms with Crippen LogP contribution in [0.3, 0.4) is 0 Å². The zero-order valence-electron chi connectivity index (χ0n) is 15.4. The highest BCUT2D eigenvalue weighted by Crippen LogP contribution is 2.29. The normalized spacial score (nSPS) is 11.9. The van der Waals surface area contributed by atoms with Gasteiger partial charge in [0.15, 0.2) is 12.4 Å². The highest BCUT2D eigenvalue weighted by molar-refractivity contribution is 5.99. The number of ether oxygens (including phenoxy) is 1. The number of fused-ring (bicyclic) bond motifs is 1. The molecule has 2 aromatic carbocycles. The molecule has 3 aromatic rings. The molecule has 140 valence electrons. The molecule has 0 spiro atoms. The van der Waals surface area contributed by atoms with Gasteiger partial charge in [-0.1, -0.05) is 48.8 Å².